The van der Waals surface area contributed by atoms with Gasteiger partial charge in [0.15, 0.2) is 6.29 Å². The number of allylic oxidation sites excluding steroid dienone is 1. The van der Waals surface area contributed by atoms with Crippen LogP contribution in [0.4, 0.5) is 4.39 Å². The van der Waals surface area contributed by atoms with Crippen LogP contribution in [-0.4, -0.2) is 18.2 Å². The largest absolute Gasteiger partial charge is 0.348 e. The molecule has 0 aliphatic carbocycles. The minimum atomic E-state index is -0.455. The highest BCUT2D eigenvalue weighted by molar-refractivity contribution is 6.30. The number of ether oxygens (including phenoxy) is 2. The SMILES string of the molecule is C/C=C/[C@H]1CO[C@H](c2ccc(-c3ccc(Cl)c(F)c3)nc2)OC1. The molecule has 0 amide bonds. The summed E-state index contributed by atoms with van der Waals surface area (Å²) in [5, 5.41) is 0.102. The van der Waals surface area contributed by atoms with E-state index in [-0.39, 0.29) is 5.02 Å². The molecule has 5 heteroatoms. The first-order valence-electron chi connectivity index (χ1n) is 7.45. The zero-order chi connectivity index (χ0) is 16.2. The third-order valence-electron chi connectivity index (χ3n) is 3.66. The van der Waals surface area contributed by atoms with Gasteiger partial charge in [-0.15, -0.1) is 0 Å². The Hall–Kier alpha value is -1.75. The van der Waals surface area contributed by atoms with Crippen LogP contribution in [0.1, 0.15) is 18.8 Å². The molecule has 0 spiro atoms. The number of benzene rings is 1. The van der Waals surface area contributed by atoms with Gasteiger partial charge < -0.3 is 9.47 Å². The molecule has 3 nitrogen and oxygen atoms in total. The molecule has 3 rings (SSSR count). The number of rotatable bonds is 3. The summed E-state index contributed by atoms with van der Waals surface area (Å²) in [6, 6.07) is 8.34. The first-order chi connectivity index (χ1) is 11.2. The van der Waals surface area contributed by atoms with E-state index in [9.17, 15) is 4.39 Å². The molecule has 0 bridgehead atoms. The quantitative estimate of drug-likeness (QED) is 0.757. The van der Waals surface area contributed by atoms with Crippen molar-refractivity contribution < 1.29 is 13.9 Å². The number of halogens is 2. The number of hydrogen-bond acceptors (Lipinski definition) is 3. The van der Waals surface area contributed by atoms with Gasteiger partial charge >= 0.3 is 0 Å². The number of nitrogens with zero attached hydrogens (tertiary/aromatic N) is 1. The van der Waals surface area contributed by atoms with Gasteiger partial charge in [0, 0.05) is 23.2 Å². The summed E-state index contributed by atoms with van der Waals surface area (Å²) in [4.78, 5) is 4.37. The summed E-state index contributed by atoms with van der Waals surface area (Å²) in [6.45, 7) is 3.23. The molecule has 0 N–H and O–H groups in total. The summed E-state index contributed by atoms with van der Waals surface area (Å²) < 4.78 is 25.0. The van der Waals surface area contributed by atoms with Crippen molar-refractivity contribution in [2.75, 3.05) is 13.2 Å². The van der Waals surface area contributed by atoms with E-state index >= 15 is 0 Å². The second-order valence-corrected chi connectivity index (χ2v) is 5.80. The normalized spacial score (nSPS) is 21.7. The third-order valence-corrected chi connectivity index (χ3v) is 3.97. The molecule has 1 aliphatic rings. The molecule has 0 saturated carbocycles. The molecule has 0 unspecified atom stereocenters. The van der Waals surface area contributed by atoms with Gasteiger partial charge in [0.1, 0.15) is 5.82 Å². The van der Waals surface area contributed by atoms with Gasteiger partial charge in [-0.1, -0.05) is 35.9 Å². The van der Waals surface area contributed by atoms with Crippen LogP contribution >= 0.6 is 11.6 Å². The fourth-order valence-corrected chi connectivity index (χ4v) is 2.58. The first-order valence-corrected chi connectivity index (χ1v) is 7.82. The Morgan fingerprint density at radius 3 is 2.61 bits per heavy atom. The fourth-order valence-electron chi connectivity index (χ4n) is 2.46. The van der Waals surface area contributed by atoms with Crippen molar-refractivity contribution in [3.63, 3.8) is 0 Å². The zero-order valence-corrected chi connectivity index (χ0v) is 13.5. The topological polar surface area (TPSA) is 31.4 Å². The number of aromatic nitrogens is 1. The van der Waals surface area contributed by atoms with Crippen molar-refractivity contribution >= 4 is 11.6 Å². The van der Waals surface area contributed by atoms with E-state index in [2.05, 4.69) is 11.1 Å². The molecule has 1 aromatic carbocycles. The van der Waals surface area contributed by atoms with E-state index in [4.69, 9.17) is 21.1 Å². The highest BCUT2D eigenvalue weighted by atomic mass is 35.5. The van der Waals surface area contributed by atoms with Crippen LogP contribution in [0.15, 0.2) is 48.7 Å². The molecular weight excluding hydrogens is 317 g/mol. The molecule has 1 fully saturated rings. The van der Waals surface area contributed by atoms with Crippen LogP contribution < -0.4 is 0 Å². The van der Waals surface area contributed by atoms with Crippen LogP contribution in [0.2, 0.25) is 5.02 Å². The van der Waals surface area contributed by atoms with Gasteiger partial charge in [-0.05, 0) is 25.1 Å². The maximum absolute atomic E-state index is 13.5. The van der Waals surface area contributed by atoms with Crippen LogP contribution in [0.3, 0.4) is 0 Å². The third kappa shape index (κ3) is 3.78. The van der Waals surface area contributed by atoms with E-state index in [0.29, 0.717) is 30.4 Å². The summed E-state index contributed by atoms with van der Waals surface area (Å²) in [6.07, 6.45) is 5.37. The average molecular weight is 334 g/mol. The lowest BCUT2D eigenvalue weighted by molar-refractivity contribution is -0.197. The molecule has 120 valence electrons. The Bertz CT molecular complexity index is 695. The minimum absolute atomic E-state index is 0.102. The van der Waals surface area contributed by atoms with E-state index < -0.39 is 12.1 Å². The van der Waals surface area contributed by atoms with Crippen molar-refractivity contribution in [3.8, 4) is 11.3 Å². The van der Waals surface area contributed by atoms with Gasteiger partial charge in [-0.2, -0.15) is 0 Å². The smallest absolute Gasteiger partial charge is 0.185 e. The van der Waals surface area contributed by atoms with Crippen molar-refractivity contribution in [1.82, 2.24) is 4.98 Å². The van der Waals surface area contributed by atoms with Gasteiger partial charge in [0.2, 0.25) is 0 Å². The second kappa shape index (κ2) is 7.21. The molecule has 23 heavy (non-hydrogen) atoms. The van der Waals surface area contributed by atoms with Crippen molar-refractivity contribution in [2.45, 2.75) is 13.2 Å². The molecule has 1 saturated heterocycles. The Morgan fingerprint density at radius 1 is 1.22 bits per heavy atom. The minimum Gasteiger partial charge on any atom is -0.348 e. The van der Waals surface area contributed by atoms with Crippen LogP contribution in [-0.2, 0) is 9.47 Å². The van der Waals surface area contributed by atoms with Gasteiger partial charge in [0.05, 0.1) is 23.9 Å². The lowest BCUT2D eigenvalue weighted by Gasteiger charge is -2.28. The van der Waals surface area contributed by atoms with Crippen LogP contribution in [0.25, 0.3) is 11.3 Å². The standard InChI is InChI=1S/C18H17ClFNO2/c1-2-3-12-10-22-18(23-11-12)14-5-7-17(21-9-14)13-4-6-15(19)16(20)8-13/h2-9,12,18H,10-11H2,1H3/b3-2+/t12-,18-. The Kier molecular flexibility index (Phi) is 5.06. The van der Waals surface area contributed by atoms with Gasteiger partial charge in [-0.3, -0.25) is 4.98 Å². The second-order valence-electron chi connectivity index (χ2n) is 5.39. The molecule has 1 aromatic heterocycles. The van der Waals surface area contributed by atoms with Crippen molar-refractivity contribution in [3.05, 3.63) is 65.1 Å². The van der Waals surface area contributed by atoms with Gasteiger partial charge in [-0.25, -0.2) is 4.39 Å². The van der Waals surface area contributed by atoms with Crippen molar-refractivity contribution in [1.29, 1.82) is 0 Å². The van der Waals surface area contributed by atoms with Crippen molar-refractivity contribution in [2.24, 2.45) is 5.92 Å². The monoisotopic (exact) mass is 333 g/mol. The summed E-state index contributed by atoms with van der Waals surface area (Å²) in [7, 11) is 0. The van der Waals surface area contributed by atoms with Crippen LogP contribution in [0.5, 0.6) is 0 Å². The first kappa shape index (κ1) is 16.1. The van der Waals surface area contributed by atoms with E-state index in [1.807, 2.05) is 25.1 Å². The van der Waals surface area contributed by atoms with E-state index in [1.54, 1.807) is 12.3 Å². The van der Waals surface area contributed by atoms with E-state index in [0.717, 1.165) is 5.56 Å². The van der Waals surface area contributed by atoms with E-state index in [1.165, 1.54) is 12.1 Å². The molecule has 2 aromatic rings. The molecule has 2 heterocycles. The van der Waals surface area contributed by atoms with Crippen LogP contribution in [0, 0.1) is 11.7 Å². The fraction of sp³-hybridized carbons (Fsp3) is 0.278. The maximum atomic E-state index is 13.5. The molecule has 0 radical (unpaired) electrons. The Labute approximate surface area is 139 Å². The summed E-state index contributed by atoms with van der Waals surface area (Å²) in [5.74, 6) is -0.162. The lowest BCUT2D eigenvalue weighted by atomic mass is 10.1. The average Bonchev–Trinajstić information content (AvgIpc) is 2.59. The van der Waals surface area contributed by atoms with Gasteiger partial charge in [0.25, 0.3) is 0 Å². The maximum Gasteiger partial charge on any atom is 0.185 e. The summed E-state index contributed by atoms with van der Waals surface area (Å²) >= 11 is 5.70. The zero-order valence-electron chi connectivity index (χ0n) is 12.7. The Balaban J connectivity index is 1.71. The summed E-state index contributed by atoms with van der Waals surface area (Å²) in [5.41, 5.74) is 2.20. The highest BCUT2D eigenvalue weighted by Gasteiger charge is 2.22. The lowest BCUT2D eigenvalue weighted by Crippen LogP contribution is -2.25. The Morgan fingerprint density at radius 2 is 2.00 bits per heavy atom. The molecule has 0 atom stereocenters. The predicted molar refractivity (Wildman–Crippen MR) is 87.6 cm³/mol. The molecule has 1 aliphatic heterocycles. The number of pyridine rings is 1. The highest BCUT2D eigenvalue weighted by Crippen LogP contribution is 2.27. The molecular formula is C18H17ClFNO2. The number of hydrogen-bond donors (Lipinski definition) is 0. The predicted octanol–water partition coefficient (Wildman–Crippen LogP) is 4.78.